The van der Waals surface area contributed by atoms with Crippen molar-refractivity contribution in [2.45, 2.75) is 64.7 Å². The van der Waals surface area contributed by atoms with Crippen molar-refractivity contribution in [3.63, 3.8) is 0 Å². The van der Waals surface area contributed by atoms with Crippen molar-refractivity contribution in [1.82, 2.24) is 0 Å². The lowest BCUT2D eigenvalue weighted by atomic mass is 10.1. The van der Waals surface area contributed by atoms with E-state index in [4.69, 9.17) is 5.11 Å². The summed E-state index contributed by atoms with van der Waals surface area (Å²) in [6, 6.07) is 0. The Morgan fingerprint density at radius 3 is 1.92 bits per heavy atom. The van der Waals surface area contributed by atoms with Crippen molar-refractivity contribution in [2.75, 3.05) is 0 Å². The summed E-state index contributed by atoms with van der Waals surface area (Å²) in [5.41, 5.74) is 0. The van der Waals surface area contributed by atoms with E-state index in [1.165, 1.54) is 51.4 Å². The van der Waals surface area contributed by atoms with Crippen LogP contribution < -0.4 is 0 Å². The first-order valence-corrected chi connectivity index (χ1v) is 5.71. The predicted molar refractivity (Wildman–Crippen MR) is 59.0 cm³/mol. The molecule has 0 saturated carbocycles. The van der Waals surface area contributed by atoms with Crippen molar-refractivity contribution >= 4 is 0 Å². The Balaban J connectivity index is 2.83. The van der Waals surface area contributed by atoms with E-state index >= 15 is 0 Å². The van der Waals surface area contributed by atoms with Crippen molar-refractivity contribution in [1.29, 1.82) is 0 Å². The SMILES string of the molecule is CCCCCCCCCCC=CO. The van der Waals surface area contributed by atoms with E-state index in [0.717, 1.165) is 12.7 Å². The van der Waals surface area contributed by atoms with E-state index in [2.05, 4.69) is 6.92 Å². The number of allylic oxidation sites excluding steroid dienone is 1. The maximum atomic E-state index is 8.39. The van der Waals surface area contributed by atoms with Crippen LogP contribution in [0.2, 0.25) is 0 Å². The number of aliphatic hydroxyl groups is 1. The minimum absolute atomic E-state index is 1.03. The molecular weight excluding hydrogens is 160 g/mol. The highest BCUT2D eigenvalue weighted by molar-refractivity contribution is 4.70. The molecule has 1 nitrogen and oxygen atoms in total. The molecule has 0 rings (SSSR count). The highest BCUT2D eigenvalue weighted by Crippen LogP contribution is 2.09. The number of hydrogen-bond acceptors (Lipinski definition) is 1. The maximum Gasteiger partial charge on any atom is 0.0751 e. The van der Waals surface area contributed by atoms with Crippen LogP contribution in [0.25, 0.3) is 0 Å². The Hall–Kier alpha value is -0.460. The van der Waals surface area contributed by atoms with Gasteiger partial charge < -0.3 is 5.11 Å². The van der Waals surface area contributed by atoms with Gasteiger partial charge in [0.1, 0.15) is 0 Å². The third-order valence-electron chi connectivity index (χ3n) is 2.33. The smallest absolute Gasteiger partial charge is 0.0751 e. The van der Waals surface area contributed by atoms with E-state index in [-0.39, 0.29) is 0 Å². The van der Waals surface area contributed by atoms with Gasteiger partial charge in [-0.25, -0.2) is 0 Å². The first-order valence-electron chi connectivity index (χ1n) is 5.71. The molecule has 0 heterocycles. The van der Waals surface area contributed by atoms with Crippen LogP contribution in [0, 0.1) is 0 Å². The second-order valence-electron chi connectivity index (χ2n) is 3.65. The summed E-state index contributed by atoms with van der Waals surface area (Å²) < 4.78 is 0. The molecule has 0 aliphatic rings. The standard InChI is InChI=1S/C12H24O/c1-2-3-4-5-6-7-8-9-10-11-12-13/h11-13H,2-10H2,1H3. The van der Waals surface area contributed by atoms with Crippen LogP contribution in [-0.4, -0.2) is 5.11 Å². The third kappa shape index (κ3) is 11.5. The fourth-order valence-corrected chi connectivity index (χ4v) is 1.47. The van der Waals surface area contributed by atoms with Gasteiger partial charge in [0, 0.05) is 0 Å². The second-order valence-corrected chi connectivity index (χ2v) is 3.65. The molecule has 0 saturated heterocycles. The van der Waals surface area contributed by atoms with Gasteiger partial charge >= 0.3 is 0 Å². The van der Waals surface area contributed by atoms with Gasteiger partial charge in [-0.05, 0) is 12.8 Å². The van der Waals surface area contributed by atoms with E-state index < -0.39 is 0 Å². The Morgan fingerprint density at radius 2 is 1.38 bits per heavy atom. The van der Waals surface area contributed by atoms with Crippen LogP contribution in [0.4, 0.5) is 0 Å². The topological polar surface area (TPSA) is 20.2 Å². The number of rotatable bonds is 9. The quantitative estimate of drug-likeness (QED) is 0.410. The van der Waals surface area contributed by atoms with E-state index in [1.807, 2.05) is 6.08 Å². The summed E-state index contributed by atoms with van der Waals surface area (Å²) in [7, 11) is 0. The average Bonchev–Trinajstić information content (AvgIpc) is 2.16. The Labute approximate surface area is 82.9 Å². The summed E-state index contributed by atoms with van der Waals surface area (Å²) in [5, 5.41) is 8.39. The molecule has 0 radical (unpaired) electrons. The molecule has 78 valence electrons. The second kappa shape index (κ2) is 11.5. The molecule has 0 aromatic rings. The Bertz CT molecular complexity index is 108. The lowest BCUT2D eigenvalue weighted by Gasteiger charge is -1.99. The molecule has 0 amide bonds. The number of unbranched alkanes of at least 4 members (excludes halogenated alkanes) is 8. The van der Waals surface area contributed by atoms with Gasteiger partial charge in [0.05, 0.1) is 6.26 Å². The molecule has 0 aliphatic carbocycles. The zero-order chi connectivity index (χ0) is 9.78. The largest absolute Gasteiger partial charge is 0.516 e. The van der Waals surface area contributed by atoms with Crippen LogP contribution >= 0.6 is 0 Å². The van der Waals surface area contributed by atoms with Gasteiger partial charge in [0.15, 0.2) is 0 Å². The summed E-state index contributed by atoms with van der Waals surface area (Å²) in [6.07, 6.45) is 14.9. The molecule has 1 N–H and O–H groups in total. The van der Waals surface area contributed by atoms with Crippen molar-refractivity contribution in [3.05, 3.63) is 12.3 Å². The van der Waals surface area contributed by atoms with Gasteiger partial charge in [-0.2, -0.15) is 0 Å². The summed E-state index contributed by atoms with van der Waals surface area (Å²) in [6.45, 7) is 2.25. The van der Waals surface area contributed by atoms with Gasteiger partial charge in [0.25, 0.3) is 0 Å². The molecule has 0 aromatic carbocycles. The molecule has 13 heavy (non-hydrogen) atoms. The lowest BCUT2D eigenvalue weighted by molar-refractivity contribution is 0.469. The molecule has 0 fully saturated rings. The molecule has 0 unspecified atom stereocenters. The van der Waals surface area contributed by atoms with Gasteiger partial charge in [-0.1, -0.05) is 57.9 Å². The summed E-state index contributed by atoms with van der Waals surface area (Å²) >= 11 is 0. The Kier molecular flexibility index (Phi) is 11.1. The molecule has 0 atom stereocenters. The predicted octanol–water partition coefficient (Wildman–Crippen LogP) is 4.59. The van der Waals surface area contributed by atoms with E-state index in [1.54, 1.807) is 0 Å². The average molecular weight is 184 g/mol. The normalized spacial score (nSPS) is 11.2. The van der Waals surface area contributed by atoms with Crippen LogP contribution in [0.15, 0.2) is 12.3 Å². The fraction of sp³-hybridized carbons (Fsp3) is 0.833. The van der Waals surface area contributed by atoms with Crippen LogP contribution in [0.5, 0.6) is 0 Å². The highest BCUT2D eigenvalue weighted by Gasteiger charge is 1.89. The van der Waals surface area contributed by atoms with Gasteiger partial charge in [-0.3, -0.25) is 0 Å². The highest BCUT2D eigenvalue weighted by atomic mass is 16.2. The van der Waals surface area contributed by atoms with E-state index in [9.17, 15) is 0 Å². The molecule has 1 heteroatoms. The zero-order valence-electron chi connectivity index (χ0n) is 8.97. The summed E-state index contributed by atoms with van der Waals surface area (Å²) in [5.74, 6) is 0. The molecule has 0 aliphatic heterocycles. The monoisotopic (exact) mass is 184 g/mol. The van der Waals surface area contributed by atoms with Crippen LogP contribution in [0.3, 0.4) is 0 Å². The third-order valence-corrected chi connectivity index (χ3v) is 2.33. The maximum absolute atomic E-state index is 8.39. The summed E-state index contributed by atoms with van der Waals surface area (Å²) in [4.78, 5) is 0. The van der Waals surface area contributed by atoms with Crippen molar-refractivity contribution in [2.24, 2.45) is 0 Å². The first kappa shape index (κ1) is 12.5. The first-order chi connectivity index (χ1) is 6.41. The number of hydrogen-bond donors (Lipinski definition) is 1. The number of aliphatic hydroxyl groups excluding tert-OH is 1. The van der Waals surface area contributed by atoms with Crippen molar-refractivity contribution < 1.29 is 5.11 Å². The van der Waals surface area contributed by atoms with E-state index in [0.29, 0.717) is 0 Å². The minimum Gasteiger partial charge on any atom is -0.516 e. The van der Waals surface area contributed by atoms with Gasteiger partial charge in [-0.15, -0.1) is 0 Å². The van der Waals surface area contributed by atoms with Crippen LogP contribution in [-0.2, 0) is 0 Å². The molecule has 0 spiro atoms. The van der Waals surface area contributed by atoms with Crippen LogP contribution in [0.1, 0.15) is 64.7 Å². The van der Waals surface area contributed by atoms with Gasteiger partial charge in [0.2, 0.25) is 0 Å². The van der Waals surface area contributed by atoms with Crippen molar-refractivity contribution in [3.8, 4) is 0 Å². The molecule has 0 aromatic heterocycles. The minimum atomic E-state index is 1.03. The zero-order valence-corrected chi connectivity index (χ0v) is 8.97. The molecule has 0 bridgehead atoms. The fourth-order valence-electron chi connectivity index (χ4n) is 1.47. The lowest BCUT2D eigenvalue weighted by Crippen LogP contribution is -1.79. The molecular formula is C12H24O. The Morgan fingerprint density at radius 1 is 0.846 bits per heavy atom.